The van der Waals surface area contributed by atoms with Crippen molar-refractivity contribution in [2.75, 3.05) is 6.54 Å². The number of halogens is 2. The van der Waals surface area contributed by atoms with Crippen LogP contribution in [0.15, 0.2) is 28.9 Å². The maximum Gasteiger partial charge on any atom is 0.270 e. The van der Waals surface area contributed by atoms with E-state index in [-0.39, 0.29) is 5.91 Å². The summed E-state index contributed by atoms with van der Waals surface area (Å²) in [6, 6.07) is 5.59. The van der Waals surface area contributed by atoms with Crippen molar-refractivity contribution in [1.29, 1.82) is 0 Å². The number of thiophene rings is 1. The van der Waals surface area contributed by atoms with Gasteiger partial charge in [-0.15, -0.1) is 11.3 Å². The second-order valence-corrected chi connectivity index (χ2v) is 6.47. The first-order chi connectivity index (χ1) is 8.60. The minimum atomic E-state index is -0.00674. The average molecular weight is 348 g/mol. The van der Waals surface area contributed by atoms with Crippen molar-refractivity contribution in [3.05, 3.63) is 43.8 Å². The van der Waals surface area contributed by atoms with E-state index in [4.69, 9.17) is 11.6 Å². The molecule has 0 aliphatic carbocycles. The standard InChI is InChI=1S/C12H12BrClN2OS/c1-2-16(7-9-3-4-11(14)18-9)12(17)10-5-8(13)6-15-10/h3-6,15H,2,7H2,1H3. The molecule has 0 spiro atoms. The highest BCUT2D eigenvalue weighted by atomic mass is 79.9. The van der Waals surface area contributed by atoms with Crippen molar-refractivity contribution in [2.45, 2.75) is 13.5 Å². The van der Waals surface area contributed by atoms with Crippen LogP contribution in [0.2, 0.25) is 4.34 Å². The fourth-order valence-electron chi connectivity index (χ4n) is 1.61. The van der Waals surface area contributed by atoms with Gasteiger partial charge in [-0.25, -0.2) is 0 Å². The number of aromatic nitrogens is 1. The largest absolute Gasteiger partial charge is 0.356 e. The summed E-state index contributed by atoms with van der Waals surface area (Å²) in [6.45, 7) is 3.21. The smallest absolute Gasteiger partial charge is 0.270 e. The van der Waals surface area contributed by atoms with E-state index < -0.39 is 0 Å². The molecule has 1 amide bonds. The summed E-state index contributed by atoms with van der Waals surface area (Å²) < 4.78 is 1.62. The Labute approximate surface area is 123 Å². The summed E-state index contributed by atoms with van der Waals surface area (Å²) in [5.74, 6) is -0.00674. The molecule has 0 fully saturated rings. The highest BCUT2D eigenvalue weighted by Crippen LogP contribution is 2.23. The number of aromatic amines is 1. The van der Waals surface area contributed by atoms with Crippen LogP contribution in [0.25, 0.3) is 0 Å². The van der Waals surface area contributed by atoms with E-state index in [0.29, 0.717) is 18.8 Å². The normalized spacial score (nSPS) is 10.6. The third-order valence-corrected chi connectivity index (χ3v) is 4.20. The van der Waals surface area contributed by atoms with Gasteiger partial charge in [0.2, 0.25) is 0 Å². The van der Waals surface area contributed by atoms with Crippen LogP contribution in [0.5, 0.6) is 0 Å². The molecule has 0 radical (unpaired) electrons. The van der Waals surface area contributed by atoms with Crippen LogP contribution in [0.4, 0.5) is 0 Å². The molecule has 0 aromatic carbocycles. The van der Waals surface area contributed by atoms with E-state index in [1.807, 2.05) is 19.1 Å². The van der Waals surface area contributed by atoms with E-state index in [9.17, 15) is 4.79 Å². The van der Waals surface area contributed by atoms with Crippen LogP contribution in [-0.2, 0) is 6.54 Å². The van der Waals surface area contributed by atoms with Crippen molar-refractivity contribution < 1.29 is 4.79 Å². The molecule has 0 aliphatic heterocycles. The summed E-state index contributed by atoms with van der Waals surface area (Å²) in [6.07, 6.45) is 1.75. The van der Waals surface area contributed by atoms with Gasteiger partial charge in [-0.2, -0.15) is 0 Å². The first-order valence-electron chi connectivity index (χ1n) is 5.47. The van der Waals surface area contributed by atoms with Crippen molar-refractivity contribution in [2.24, 2.45) is 0 Å². The average Bonchev–Trinajstić information content (AvgIpc) is 2.94. The molecule has 0 bridgehead atoms. The Morgan fingerprint density at radius 1 is 1.56 bits per heavy atom. The van der Waals surface area contributed by atoms with Gasteiger partial charge < -0.3 is 9.88 Å². The Balaban J connectivity index is 2.11. The molecule has 1 N–H and O–H groups in total. The van der Waals surface area contributed by atoms with E-state index in [0.717, 1.165) is 13.7 Å². The quantitative estimate of drug-likeness (QED) is 0.886. The molecule has 2 aromatic rings. The fraction of sp³-hybridized carbons (Fsp3) is 0.250. The molecule has 0 aliphatic rings. The molecular formula is C12H12BrClN2OS. The fourth-order valence-corrected chi connectivity index (χ4v) is 3.06. The molecule has 96 valence electrons. The van der Waals surface area contributed by atoms with E-state index in [1.165, 1.54) is 11.3 Å². The highest BCUT2D eigenvalue weighted by molar-refractivity contribution is 9.10. The minimum absolute atomic E-state index is 0.00674. The number of carbonyl (C=O) groups is 1. The second-order valence-electron chi connectivity index (χ2n) is 3.76. The van der Waals surface area contributed by atoms with Crippen LogP contribution in [0.3, 0.4) is 0 Å². The molecular weight excluding hydrogens is 336 g/mol. The lowest BCUT2D eigenvalue weighted by atomic mass is 10.3. The SMILES string of the molecule is CCN(Cc1ccc(Cl)s1)C(=O)c1cc(Br)c[nH]1. The summed E-state index contributed by atoms with van der Waals surface area (Å²) >= 11 is 10.7. The Morgan fingerprint density at radius 2 is 2.33 bits per heavy atom. The van der Waals surface area contributed by atoms with Gasteiger partial charge in [0.15, 0.2) is 0 Å². The molecule has 6 heteroatoms. The number of nitrogens with zero attached hydrogens (tertiary/aromatic N) is 1. The number of nitrogens with one attached hydrogen (secondary N) is 1. The van der Waals surface area contributed by atoms with Crippen LogP contribution in [-0.4, -0.2) is 22.3 Å². The zero-order chi connectivity index (χ0) is 13.1. The number of hydrogen-bond acceptors (Lipinski definition) is 2. The Bertz CT molecular complexity index is 552. The molecule has 0 saturated carbocycles. The molecule has 2 aromatic heterocycles. The van der Waals surface area contributed by atoms with Crippen LogP contribution < -0.4 is 0 Å². The summed E-state index contributed by atoms with van der Waals surface area (Å²) in [7, 11) is 0. The van der Waals surface area contributed by atoms with E-state index in [2.05, 4.69) is 20.9 Å². The van der Waals surface area contributed by atoms with Gasteiger partial charge in [0.05, 0.1) is 10.9 Å². The monoisotopic (exact) mass is 346 g/mol. The van der Waals surface area contributed by atoms with Crippen LogP contribution in [0.1, 0.15) is 22.3 Å². The number of rotatable bonds is 4. The van der Waals surface area contributed by atoms with E-state index in [1.54, 1.807) is 17.2 Å². The van der Waals surface area contributed by atoms with Crippen LogP contribution >= 0.6 is 38.9 Å². The third kappa shape index (κ3) is 3.16. The van der Waals surface area contributed by atoms with Gasteiger partial charge in [0.1, 0.15) is 5.69 Å². The topological polar surface area (TPSA) is 36.1 Å². The maximum atomic E-state index is 12.2. The molecule has 18 heavy (non-hydrogen) atoms. The predicted molar refractivity (Wildman–Crippen MR) is 78.2 cm³/mol. The molecule has 3 nitrogen and oxygen atoms in total. The Morgan fingerprint density at radius 3 is 2.83 bits per heavy atom. The molecule has 0 unspecified atom stereocenters. The van der Waals surface area contributed by atoms with Gasteiger partial charge in [-0.1, -0.05) is 11.6 Å². The Hall–Kier alpha value is -0.780. The molecule has 2 rings (SSSR count). The van der Waals surface area contributed by atoms with Crippen molar-refractivity contribution in [3.8, 4) is 0 Å². The maximum absolute atomic E-state index is 12.2. The second kappa shape index (κ2) is 5.91. The molecule has 2 heterocycles. The van der Waals surface area contributed by atoms with Crippen LogP contribution in [0, 0.1) is 0 Å². The predicted octanol–water partition coefficient (Wildman–Crippen LogP) is 4.15. The lowest BCUT2D eigenvalue weighted by molar-refractivity contribution is 0.0749. The highest BCUT2D eigenvalue weighted by Gasteiger charge is 2.16. The lowest BCUT2D eigenvalue weighted by Gasteiger charge is -2.19. The van der Waals surface area contributed by atoms with Gasteiger partial charge >= 0.3 is 0 Å². The number of carbonyl (C=O) groups excluding carboxylic acids is 1. The molecule has 0 saturated heterocycles. The Kier molecular flexibility index (Phi) is 4.48. The zero-order valence-electron chi connectivity index (χ0n) is 9.74. The summed E-state index contributed by atoms with van der Waals surface area (Å²) in [5.41, 5.74) is 0.589. The lowest BCUT2D eigenvalue weighted by Crippen LogP contribution is -2.30. The minimum Gasteiger partial charge on any atom is -0.356 e. The number of hydrogen-bond donors (Lipinski definition) is 1. The first-order valence-corrected chi connectivity index (χ1v) is 7.46. The van der Waals surface area contributed by atoms with Crippen molar-refractivity contribution in [1.82, 2.24) is 9.88 Å². The number of amides is 1. The van der Waals surface area contributed by atoms with Crippen molar-refractivity contribution in [3.63, 3.8) is 0 Å². The summed E-state index contributed by atoms with van der Waals surface area (Å²) in [5, 5.41) is 0. The van der Waals surface area contributed by atoms with E-state index >= 15 is 0 Å². The van der Waals surface area contributed by atoms with Gasteiger partial charge in [-0.05, 0) is 41.1 Å². The summed E-state index contributed by atoms with van der Waals surface area (Å²) in [4.78, 5) is 18.1. The van der Waals surface area contributed by atoms with Gasteiger partial charge in [-0.3, -0.25) is 4.79 Å². The number of H-pyrrole nitrogens is 1. The molecule has 0 atom stereocenters. The third-order valence-electron chi connectivity index (χ3n) is 2.52. The first kappa shape index (κ1) is 13.6. The van der Waals surface area contributed by atoms with Crippen molar-refractivity contribution >= 4 is 44.8 Å². The van der Waals surface area contributed by atoms with Gasteiger partial charge in [0, 0.05) is 22.1 Å². The van der Waals surface area contributed by atoms with Gasteiger partial charge in [0.25, 0.3) is 5.91 Å². The zero-order valence-corrected chi connectivity index (χ0v) is 12.9.